The van der Waals surface area contributed by atoms with Crippen LogP contribution in [-0.2, 0) is 11.3 Å². The second-order valence-electron chi connectivity index (χ2n) is 9.79. The number of piperazine rings is 1. The summed E-state index contributed by atoms with van der Waals surface area (Å²) in [5.41, 5.74) is 5.85. The van der Waals surface area contributed by atoms with Crippen molar-refractivity contribution in [2.45, 2.75) is 6.54 Å². The Balaban J connectivity index is 1.17. The average Bonchev–Trinajstić information content (AvgIpc) is 3.46. The summed E-state index contributed by atoms with van der Waals surface area (Å²) >= 11 is 6.11. The Kier molecular flexibility index (Phi) is 7.40. The van der Waals surface area contributed by atoms with Crippen molar-refractivity contribution >= 4 is 34.3 Å². The molecule has 0 bridgehead atoms. The predicted octanol–water partition coefficient (Wildman–Crippen LogP) is 6.78. The van der Waals surface area contributed by atoms with Gasteiger partial charge in [-0.2, -0.15) is 0 Å². The molecule has 0 atom stereocenters. The summed E-state index contributed by atoms with van der Waals surface area (Å²) in [6.45, 7) is 4.42. The topological polar surface area (TPSA) is 70.7 Å². The smallest absolute Gasteiger partial charge is 0.341 e. The van der Waals surface area contributed by atoms with Crippen LogP contribution in [0, 0.1) is 0 Å². The number of ether oxygens (including phenoxy) is 2. The number of aromatic amines is 1. The number of rotatable bonds is 7. The Morgan fingerprint density at radius 2 is 1.77 bits per heavy atom. The van der Waals surface area contributed by atoms with Crippen molar-refractivity contribution in [1.29, 1.82) is 0 Å². The Morgan fingerprint density at radius 1 is 0.975 bits per heavy atom. The van der Waals surface area contributed by atoms with Gasteiger partial charge in [-0.15, -0.1) is 0 Å². The van der Waals surface area contributed by atoms with Gasteiger partial charge < -0.3 is 19.4 Å². The number of fused-ring (bicyclic) bond motifs is 1. The molecule has 40 heavy (non-hydrogen) atoms. The summed E-state index contributed by atoms with van der Waals surface area (Å²) < 4.78 is 11.2. The normalized spacial score (nSPS) is 13.9. The summed E-state index contributed by atoms with van der Waals surface area (Å²) in [6, 6.07) is 26.0. The maximum atomic E-state index is 12.5. The van der Waals surface area contributed by atoms with Crippen LogP contribution in [0.15, 0.2) is 91.3 Å². The summed E-state index contributed by atoms with van der Waals surface area (Å²) in [7, 11) is 1.37. The van der Waals surface area contributed by atoms with E-state index in [9.17, 15) is 4.79 Å². The fraction of sp³-hybridized carbons (Fsp3) is 0.188. The third-order valence-electron chi connectivity index (χ3n) is 7.28. The third kappa shape index (κ3) is 5.52. The van der Waals surface area contributed by atoms with E-state index in [1.54, 1.807) is 12.3 Å². The lowest BCUT2D eigenvalue weighted by atomic mass is 9.99. The Hall–Kier alpha value is -4.33. The fourth-order valence-electron chi connectivity index (χ4n) is 5.15. The number of hydrogen-bond acceptors (Lipinski definition) is 6. The van der Waals surface area contributed by atoms with Gasteiger partial charge in [0.25, 0.3) is 0 Å². The third-order valence-corrected chi connectivity index (χ3v) is 7.53. The van der Waals surface area contributed by atoms with E-state index in [1.165, 1.54) is 23.8 Å². The van der Waals surface area contributed by atoms with Gasteiger partial charge in [-0.3, -0.25) is 4.90 Å². The number of anilines is 1. The first-order valence-electron chi connectivity index (χ1n) is 13.2. The molecule has 0 aliphatic carbocycles. The molecule has 3 heterocycles. The van der Waals surface area contributed by atoms with Crippen LogP contribution in [0.3, 0.4) is 0 Å². The molecule has 1 aliphatic heterocycles. The van der Waals surface area contributed by atoms with Crippen molar-refractivity contribution < 1.29 is 14.3 Å². The summed E-state index contributed by atoms with van der Waals surface area (Å²) in [5, 5.41) is 1.67. The van der Waals surface area contributed by atoms with Gasteiger partial charge in [0.05, 0.1) is 13.3 Å². The first-order chi connectivity index (χ1) is 19.6. The molecule has 0 saturated carbocycles. The molecular weight excluding hydrogens is 524 g/mol. The highest BCUT2D eigenvalue weighted by atomic mass is 35.5. The molecule has 7 nitrogen and oxygen atoms in total. The number of carbonyl (C=O) groups is 1. The van der Waals surface area contributed by atoms with E-state index in [1.807, 2.05) is 42.6 Å². The first-order valence-corrected chi connectivity index (χ1v) is 13.6. The molecule has 1 aliphatic rings. The number of aromatic nitrogens is 2. The van der Waals surface area contributed by atoms with Gasteiger partial charge in [0.2, 0.25) is 0 Å². The number of carbonyl (C=O) groups excluding carboxylic acids is 1. The molecule has 0 spiro atoms. The van der Waals surface area contributed by atoms with Crippen LogP contribution in [0.5, 0.6) is 11.5 Å². The van der Waals surface area contributed by atoms with Gasteiger partial charge in [-0.05, 0) is 53.1 Å². The van der Waals surface area contributed by atoms with Crippen LogP contribution in [0.1, 0.15) is 15.9 Å². The molecule has 1 saturated heterocycles. The molecule has 0 amide bonds. The zero-order valence-corrected chi connectivity index (χ0v) is 22.9. The molecule has 0 unspecified atom stereocenters. The van der Waals surface area contributed by atoms with Gasteiger partial charge in [0, 0.05) is 61.1 Å². The molecule has 2 aromatic heterocycles. The molecule has 202 valence electrons. The maximum Gasteiger partial charge on any atom is 0.341 e. The minimum atomic E-state index is -0.443. The summed E-state index contributed by atoms with van der Waals surface area (Å²) in [4.78, 5) is 24.8. The summed E-state index contributed by atoms with van der Waals surface area (Å²) in [6.07, 6.45) is 3.48. The van der Waals surface area contributed by atoms with Crippen LogP contribution in [0.4, 0.5) is 5.69 Å². The fourth-order valence-corrected chi connectivity index (χ4v) is 5.27. The van der Waals surface area contributed by atoms with Crippen molar-refractivity contribution in [2.24, 2.45) is 0 Å². The van der Waals surface area contributed by atoms with E-state index in [0.717, 1.165) is 54.5 Å². The monoisotopic (exact) mass is 552 g/mol. The summed E-state index contributed by atoms with van der Waals surface area (Å²) in [5.74, 6) is 0.556. The number of nitrogens with one attached hydrogen (secondary N) is 1. The number of pyridine rings is 1. The van der Waals surface area contributed by atoms with Crippen molar-refractivity contribution in [3.8, 4) is 22.6 Å². The molecular formula is C32H29ClN4O3. The van der Waals surface area contributed by atoms with Gasteiger partial charge in [0.1, 0.15) is 22.7 Å². The van der Waals surface area contributed by atoms with Gasteiger partial charge in [-0.1, -0.05) is 48.0 Å². The standard InChI is InChI=1S/C32H29ClN4O3/c1-39-32(38)29-11-10-26(19-30(29)40-27-18-23-12-13-34-31(23)35-20-27)37-16-14-36(15-17-37)21-24-4-2-3-5-28(24)22-6-8-25(33)9-7-22/h2-13,18-20H,14-17,21H2,1H3,(H,34,35). The quantitative estimate of drug-likeness (QED) is 0.224. The van der Waals surface area contributed by atoms with E-state index in [0.29, 0.717) is 17.1 Å². The number of nitrogens with zero attached hydrogens (tertiary/aromatic N) is 3. The van der Waals surface area contributed by atoms with Crippen LogP contribution in [0.25, 0.3) is 22.2 Å². The van der Waals surface area contributed by atoms with Crippen LogP contribution in [0.2, 0.25) is 5.02 Å². The van der Waals surface area contributed by atoms with E-state index < -0.39 is 5.97 Å². The molecule has 5 aromatic rings. The predicted molar refractivity (Wildman–Crippen MR) is 158 cm³/mol. The molecule has 8 heteroatoms. The second kappa shape index (κ2) is 11.4. The van der Waals surface area contributed by atoms with Crippen molar-refractivity contribution in [2.75, 3.05) is 38.2 Å². The largest absolute Gasteiger partial charge is 0.465 e. The highest BCUT2D eigenvalue weighted by Crippen LogP contribution is 2.32. The molecule has 6 rings (SSSR count). The zero-order valence-electron chi connectivity index (χ0n) is 22.1. The highest BCUT2D eigenvalue weighted by Gasteiger charge is 2.22. The molecule has 1 fully saturated rings. The van der Waals surface area contributed by atoms with Gasteiger partial charge >= 0.3 is 5.97 Å². The minimum Gasteiger partial charge on any atom is -0.465 e. The second-order valence-corrected chi connectivity index (χ2v) is 10.2. The van der Waals surface area contributed by atoms with Crippen molar-refractivity contribution in [1.82, 2.24) is 14.9 Å². The minimum absolute atomic E-state index is 0.373. The molecule has 3 aromatic carbocycles. The highest BCUT2D eigenvalue weighted by molar-refractivity contribution is 6.30. The van der Waals surface area contributed by atoms with Crippen LogP contribution < -0.4 is 9.64 Å². The lowest BCUT2D eigenvalue weighted by Gasteiger charge is -2.36. The van der Waals surface area contributed by atoms with Crippen molar-refractivity contribution in [3.05, 3.63) is 107 Å². The average molecular weight is 553 g/mol. The number of esters is 1. The number of benzene rings is 3. The SMILES string of the molecule is COC(=O)c1ccc(N2CCN(Cc3ccccc3-c3ccc(Cl)cc3)CC2)cc1Oc1cnc2[nH]ccc2c1. The number of methoxy groups -OCH3 is 1. The lowest BCUT2D eigenvalue weighted by Crippen LogP contribution is -2.46. The van der Waals surface area contributed by atoms with Crippen LogP contribution >= 0.6 is 11.6 Å². The Bertz CT molecular complexity index is 1640. The number of H-pyrrole nitrogens is 1. The first kappa shape index (κ1) is 25.9. The van der Waals surface area contributed by atoms with E-state index >= 15 is 0 Å². The number of halogens is 1. The number of hydrogen-bond donors (Lipinski definition) is 1. The lowest BCUT2D eigenvalue weighted by molar-refractivity contribution is 0.0598. The van der Waals surface area contributed by atoms with E-state index in [-0.39, 0.29) is 0 Å². The zero-order chi connectivity index (χ0) is 27.5. The molecule has 1 N–H and O–H groups in total. The Labute approximate surface area is 237 Å². The van der Waals surface area contributed by atoms with Crippen molar-refractivity contribution in [3.63, 3.8) is 0 Å². The van der Waals surface area contributed by atoms with E-state index in [2.05, 4.69) is 56.2 Å². The van der Waals surface area contributed by atoms with E-state index in [4.69, 9.17) is 21.1 Å². The van der Waals surface area contributed by atoms with Gasteiger partial charge in [0.15, 0.2) is 0 Å². The Morgan fingerprint density at radius 3 is 2.58 bits per heavy atom. The maximum absolute atomic E-state index is 12.5. The van der Waals surface area contributed by atoms with Crippen LogP contribution in [-0.4, -0.2) is 54.1 Å². The van der Waals surface area contributed by atoms with Gasteiger partial charge in [-0.25, -0.2) is 9.78 Å². The molecule has 0 radical (unpaired) electrons.